The lowest BCUT2D eigenvalue weighted by Gasteiger charge is -2.23. The van der Waals surface area contributed by atoms with Crippen LogP contribution in [0.5, 0.6) is 0 Å². The summed E-state index contributed by atoms with van der Waals surface area (Å²) in [5.41, 5.74) is 2.46. The number of aryl methyl sites for hydroxylation is 2. The Hall–Kier alpha value is -1.77. The van der Waals surface area contributed by atoms with Crippen LogP contribution in [-0.2, 0) is 10.2 Å². The Kier molecular flexibility index (Phi) is 2.93. The van der Waals surface area contributed by atoms with Gasteiger partial charge in [-0.05, 0) is 19.4 Å². The van der Waals surface area contributed by atoms with Crippen molar-refractivity contribution >= 4 is 16.9 Å². The fourth-order valence-electron chi connectivity index (χ4n) is 2.37. The molecule has 0 aliphatic carbocycles. The van der Waals surface area contributed by atoms with E-state index in [2.05, 4.69) is 0 Å². The Labute approximate surface area is 106 Å². The standard InChI is InChI=1S/C15H18O3/c1-9-10(2)18-14-11(9)6-5-7-12(14)15(3,4)8-13(16)17/h5-7H,8H2,1-4H3,(H,16,17). The van der Waals surface area contributed by atoms with Crippen LogP contribution in [0.1, 0.15) is 37.2 Å². The zero-order valence-electron chi connectivity index (χ0n) is 11.2. The number of hydrogen-bond donors (Lipinski definition) is 1. The summed E-state index contributed by atoms with van der Waals surface area (Å²) in [5, 5.41) is 10.1. The number of aliphatic carboxylic acids is 1. The highest BCUT2D eigenvalue weighted by atomic mass is 16.4. The number of rotatable bonds is 3. The van der Waals surface area contributed by atoms with E-state index in [0.29, 0.717) is 0 Å². The summed E-state index contributed by atoms with van der Waals surface area (Å²) in [5.74, 6) is 0.0978. The van der Waals surface area contributed by atoms with Crippen molar-refractivity contribution in [2.24, 2.45) is 0 Å². The van der Waals surface area contributed by atoms with Crippen molar-refractivity contribution < 1.29 is 14.3 Å². The number of carboxylic acid groups (broad SMARTS) is 1. The summed E-state index contributed by atoms with van der Waals surface area (Å²) >= 11 is 0. The molecule has 0 aliphatic heterocycles. The highest BCUT2D eigenvalue weighted by molar-refractivity contribution is 5.86. The molecular formula is C15H18O3. The third kappa shape index (κ3) is 2.01. The topological polar surface area (TPSA) is 50.4 Å². The number of carboxylic acids is 1. The molecule has 1 N–H and O–H groups in total. The van der Waals surface area contributed by atoms with E-state index in [0.717, 1.165) is 27.9 Å². The number of para-hydroxylation sites is 1. The van der Waals surface area contributed by atoms with Crippen molar-refractivity contribution in [2.75, 3.05) is 0 Å². The van der Waals surface area contributed by atoms with Crippen LogP contribution in [0.25, 0.3) is 11.0 Å². The Morgan fingerprint density at radius 3 is 2.61 bits per heavy atom. The van der Waals surface area contributed by atoms with Crippen LogP contribution in [0.4, 0.5) is 0 Å². The van der Waals surface area contributed by atoms with Crippen molar-refractivity contribution in [3.8, 4) is 0 Å². The molecule has 0 bridgehead atoms. The molecule has 2 aromatic rings. The minimum Gasteiger partial charge on any atom is -0.481 e. The molecule has 2 rings (SSSR count). The molecule has 1 aromatic heterocycles. The maximum Gasteiger partial charge on any atom is 0.304 e. The van der Waals surface area contributed by atoms with Gasteiger partial charge in [0.2, 0.25) is 0 Å². The lowest BCUT2D eigenvalue weighted by Crippen LogP contribution is -2.21. The van der Waals surface area contributed by atoms with Gasteiger partial charge < -0.3 is 9.52 Å². The summed E-state index contributed by atoms with van der Waals surface area (Å²) in [6, 6.07) is 5.93. The molecule has 0 unspecified atom stereocenters. The molecule has 0 amide bonds. The van der Waals surface area contributed by atoms with Gasteiger partial charge in [-0.1, -0.05) is 32.0 Å². The summed E-state index contributed by atoms with van der Waals surface area (Å²) in [6.45, 7) is 7.82. The van der Waals surface area contributed by atoms with E-state index in [4.69, 9.17) is 9.52 Å². The Morgan fingerprint density at radius 2 is 2.00 bits per heavy atom. The second-order valence-electron chi connectivity index (χ2n) is 5.42. The molecule has 1 heterocycles. The third-order valence-electron chi connectivity index (χ3n) is 3.52. The van der Waals surface area contributed by atoms with E-state index in [9.17, 15) is 4.79 Å². The van der Waals surface area contributed by atoms with Crippen LogP contribution in [0.15, 0.2) is 22.6 Å². The second kappa shape index (κ2) is 4.16. The van der Waals surface area contributed by atoms with Crippen molar-refractivity contribution in [1.29, 1.82) is 0 Å². The van der Waals surface area contributed by atoms with E-state index >= 15 is 0 Å². The van der Waals surface area contributed by atoms with Gasteiger partial charge in [0.1, 0.15) is 11.3 Å². The van der Waals surface area contributed by atoms with E-state index < -0.39 is 11.4 Å². The van der Waals surface area contributed by atoms with E-state index in [1.807, 2.05) is 45.9 Å². The molecule has 0 fully saturated rings. The molecule has 1 aromatic carbocycles. The zero-order chi connectivity index (χ0) is 13.5. The summed E-state index contributed by atoms with van der Waals surface area (Å²) < 4.78 is 5.80. The normalized spacial score (nSPS) is 12.0. The van der Waals surface area contributed by atoms with Crippen molar-refractivity contribution in [3.05, 3.63) is 35.1 Å². The first-order valence-corrected chi connectivity index (χ1v) is 6.04. The highest BCUT2D eigenvalue weighted by Crippen LogP contribution is 2.36. The highest BCUT2D eigenvalue weighted by Gasteiger charge is 2.28. The lowest BCUT2D eigenvalue weighted by atomic mass is 9.81. The number of furan rings is 1. The second-order valence-corrected chi connectivity index (χ2v) is 5.42. The quantitative estimate of drug-likeness (QED) is 0.896. The molecule has 18 heavy (non-hydrogen) atoms. The molecular weight excluding hydrogens is 228 g/mol. The smallest absolute Gasteiger partial charge is 0.304 e. The fourth-order valence-corrected chi connectivity index (χ4v) is 2.37. The summed E-state index contributed by atoms with van der Waals surface area (Å²) in [7, 11) is 0. The predicted octanol–water partition coefficient (Wildman–Crippen LogP) is 3.80. The first-order chi connectivity index (χ1) is 8.33. The molecule has 3 heteroatoms. The third-order valence-corrected chi connectivity index (χ3v) is 3.52. The monoisotopic (exact) mass is 246 g/mol. The average Bonchev–Trinajstić information content (AvgIpc) is 2.53. The summed E-state index contributed by atoms with van der Waals surface area (Å²) in [6.07, 6.45) is 0.0882. The predicted molar refractivity (Wildman–Crippen MR) is 71.0 cm³/mol. The van der Waals surface area contributed by atoms with Crippen LogP contribution in [0.3, 0.4) is 0 Å². The first-order valence-electron chi connectivity index (χ1n) is 6.04. The molecule has 0 atom stereocenters. The number of benzene rings is 1. The number of carbonyl (C=O) groups is 1. The van der Waals surface area contributed by atoms with Crippen LogP contribution in [-0.4, -0.2) is 11.1 Å². The van der Waals surface area contributed by atoms with Gasteiger partial charge in [-0.25, -0.2) is 0 Å². The van der Waals surface area contributed by atoms with Gasteiger partial charge in [-0.3, -0.25) is 4.79 Å². The van der Waals surface area contributed by atoms with Crippen molar-refractivity contribution in [1.82, 2.24) is 0 Å². The van der Waals surface area contributed by atoms with Gasteiger partial charge >= 0.3 is 5.97 Å². The van der Waals surface area contributed by atoms with Crippen LogP contribution in [0.2, 0.25) is 0 Å². The molecule has 0 spiro atoms. The van der Waals surface area contributed by atoms with Gasteiger partial charge in [0.25, 0.3) is 0 Å². The number of hydrogen-bond acceptors (Lipinski definition) is 2. The molecule has 96 valence electrons. The van der Waals surface area contributed by atoms with E-state index in [1.54, 1.807) is 0 Å². The molecule has 0 saturated heterocycles. The van der Waals surface area contributed by atoms with E-state index in [1.165, 1.54) is 0 Å². The maximum absolute atomic E-state index is 11.0. The molecule has 0 radical (unpaired) electrons. The Bertz CT molecular complexity index is 605. The molecule has 0 saturated carbocycles. The fraction of sp³-hybridized carbons (Fsp3) is 0.400. The zero-order valence-corrected chi connectivity index (χ0v) is 11.2. The summed E-state index contributed by atoms with van der Waals surface area (Å²) in [4.78, 5) is 11.0. The van der Waals surface area contributed by atoms with Gasteiger partial charge in [-0.2, -0.15) is 0 Å². The van der Waals surface area contributed by atoms with Crippen LogP contribution < -0.4 is 0 Å². The minimum atomic E-state index is -0.794. The largest absolute Gasteiger partial charge is 0.481 e. The van der Waals surface area contributed by atoms with Gasteiger partial charge in [0.15, 0.2) is 0 Å². The van der Waals surface area contributed by atoms with E-state index in [-0.39, 0.29) is 6.42 Å². The minimum absolute atomic E-state index is 0.0882. The molecule has 0 aliphatic rings. The van der Waals surface area contributed by atoms with Gasteiger partial charge in [0.05, 0.1) is 6.42 Å². The van der Waals surface area contributed by atoms with Crippen LogP contribution in [0, 0.1) is 13.8 Å². The average molecular weight is 246 g/mol. The SMILES string of the molecule is Cc1oc2c(C(C)(C)CC(=O)O)cccc2c1C. The van der Waals surface area contributed by atoms with Crippen molar-refractivity contribution in [2.45, 2.75) is 39.5 Å². The lowest BCUT2D eigenvalue weighted by molar-refractivity contribution is -0.138. The van der Waals surface area contributed by atoms with Crippen LogP contribution >= 0.6 is 0 Å². The Morgan fingerprint density at radius 1 is 1.33 bits per heavy atom. The maximum atomic E-state index is 11.0. The number of fused-ring (bicyclic) bond motifs is 1. The molecule has 3 nitrogen and oxygen atoms in total. The van der Waals surface area contributed by atoms with Crippen molar-refractivity contribution in [3.63, 3.8) is 0 Å². The van der Waals surface area contributed by atoms with Gasteiger partial charge in [-0.15, -0.1) is 0 Å². The Balaban J connectivity index is 2.64. The first kappa shape index (κ1) is 12.7. The van der Waals surface area contributed by atoms with Gasteiger partial charge in [0, 0.05) is 16.4 Å².